The second-order valence-corrected chi connectivity index (χ2v) is 5.16. The molecule has 1 saturated heterocycles. The summed E-state index contributed by atoms with van der Waals surface area (Å²) in [7, 11) is 0. The predicted octanol–water partition coefficient (Wildman–Crippen LogP) is -0.0809. The third-order valence-corrected chi connectivity index (χ3v) is 3.53. The van der Waals surface area contributed by atoms with Crippen LogP contribution in [-0.4, -0.2) is 74.2 Å². The lowest BCUT2D eigenvalue weighted by atomic mass is 10.3. The van der Waals surface area contributed by atoms with Crippen molar-refractivity contribution < 1.29 is 9.53 Å². The number of carbonyl (C=O) groups is 1. The molecule has 0 radical (unpaired) electrons. The molecular weight excluding hydrogens is 230 g/mol. The van der Waals surface area contributed by atoms with Crippen LogP contribution in [0.15, 0.2) is 0 Å². The largest absolute Gasteiger partial charge is 0.380 e. The molecule has 5 heteroatoms. The van der Waals surface area contributed by atoms with Gasteiger partial charge in [-0.1, -0.05) is 0 Å². The van der Waals surface area contributed by atoms with Crippen molar-refractivity contribution in [2.75, 3.05) is 52.5 Å². The number of ether oxygens (including phenoxy) is 1. The molecule has 1 saturated carbocycles. The van der Waals surface area contributed by atoms with E-state index in [9.17, 15) is 4.79 Å². The molecule has 0 spiro atoms. The van der Waals surface area contributed by atoms with E-state index in [0.29, 0.717) is 12.6 Å². The van der Waals surface area contributed by atoms with Crippen LogP contribution in [0.5, 0.6) is 0 Å². The summed E-state index contributed by atoms with van der Waals surface area (Å²) in [6.07, 6.45) is 2.33. The Bertz CT molecular complexity index is 261. The molecule has 2 rings (SSSR count). The number of hydrogen-bond donors (Lipinski definition) is 1. The first kappa shape index (κ1) is 13.8. The summed E-state index contributed by atoms with van der Waals surface area (Å²) in [5.41, 5.74) is 0. The minimum absolute atomic E-state index is 0.195. The predicted molar refractivity (Wildman–Crippen MR) is 70.5 cm³/mol. The standard InChI is InChI=1S/C13H25N3O2/c1-2-18-10-9-15-5-7-16(8-6-15)11-13(17)14-12-3-4-12/h12H,2-11H2,1H3,(H,14,17). The Balaban J connectivity index is 1.56. The fourth-order valence-corrected chi connectivity index (χ4v) is 2.21. The SMILES string of the molecule is CCOCCN1CCN(CC(=O)NC2CC2)CC1. The van der Waals surface area contributed by atoms with E-state index in [2.05, 4.69) is 15.1 Å². The van der Waals surface area contributed by atoms with Gasteiger partial charge in [-0.3, -0.25) is 14.6 Å². The van der Waals surface area contributed by atoms with Crippen molar-refractivity contribution in [1.29, 1.82) is 0 Å². The van der Waals surface area contributed by atoms with E-state index >= 15 is 0 Å². The number of nitrogens with zero attached hydrogens (tertiary/aromatic N) is 2. The van der Waals surface area contributed by atoms with Crippen LogP contribution in [-0.2, 0) is 9.53 Å². The highest BCUT2D eigenvalue weighted by Gasteiger charge is 2.25. The Hall–Kier alpha value is -0.650. The van der Waals surface area contributed by atoms with Crippen LogP contribution < -0.4 is 5.32 Å². The van der Waals surface area contributed by atoms with Crippen molar-refractivity contribution in [2.45, 2.75) is 25.8 Å². The van der Waals surface area contributed by atoms with Gasteiger partial charge in [0.05, 0.1) is 13.2 Å². The van der Waals surface area contributed by atoms with Gasteiger partial charge in [0.15, 0.2) is 0 Å². The zero-order valence-corrected chi connectivity index (χ0v) is 11.4. The second-order valence-electron chi connectivity index (χ2n) is 5.16. The molecule has 2 aliphatic rings. The van der Waals surface area contributed by atoms with Gasteiger partial charge in [-0.05, 0) is 19.8 Å². The Morgan fingerprint density at radius 3 is 2.50 bits per heavy atom. The normalized spacial score (nSPS) is 22.1. The van der Waals surface area contributed by atoms with Gasteiger partial charge < -0.3 is 10.1 Å². The number of rotatable bonds is 7. The molecule has 0 aromatic heterocycles. The van der Waals surface area contributed by atoms with Crippen LogP contribution in [0.1, 0.15) is 19.8 Å². The number of amides is 1. The van der Waals surface area contributed by atoms with Crippen LogP contribution in [0.4, 0.5) is 0 Å². The lowest BCUT2D eigenvalue weighted by Crippen LogP contribution is -2.50. The van der Waals surface area contributed by atoms with Gasteiger partial charge in [-0.15, -0.1) is 0 Å². The molecule has 1 aliphatic heterocycles. The molecule has 0 aromatic rings. The molecular formula is C13H25N3O2. The van der Waals surface area contributed by atoms with Crippen LogP contribution in [0.3, 0.4) is 0 Å². The highest BCUT2D eigenvalue weighted by Crippen LogP contribution is 2.18. The maximum absolute atomic E-state index is 11.7. The zero-order valence-electron chi connectivity index (χ0n) is 11.4. The second kappa shape index (κ2) is 7.07. The monoisotopic (exact) mass is 255 g/mol. The Labute approximate surface area is 109 Å². The smallest absolute Gasteiger partial charge is 0.234 e. The average molecular weight is 255 g/mol. The van der Waals surface area contributed by atoms with Gasteiger partial charge >= 0.3 is 0 Å². The summed E-state index contributed by atoms with van der Waals surface area (Å²) >= 11 is 0. The quantitative estimate of drug-likeness (QED) is 0.646. The summed E-state index contributed by atoms with van der Waals surface area (Å²) in [4.78, 5) is 16.3. The Morgan fingerprint density at radius 2 is 1.89 bits per heavy atom. The summed E-state index contributed by atoms with van der Waals surface area (Å²) in [6.45, 7) is 9.28. The minimum Gasteiger partial charge on any atom is -0.380 e. The van der Waals surface area contributed by atoms with Gasteiger partial charge in [0, 0.05) is 45.4 Å². The summed E-state index contributed by atoms with van der Waals surface area (Å²) < 4.78 is 5.36. The first-order valence-corrected chi connectivity index (χ1v) is 7.09. The first-order valence-electron chi connectivity index (χ1n) is 7.09. The van der Waals surface area contributed by atoms with Crippen LogP contribution in [0.25, 0.3) is 0 Å². The van der Waals surface area contributed by atoms with Gasteiger partial charge in [0.1, 0.15) is 0 Å². The topological polar surface area (TPSA) is 44.8 Å². The molecule has 0 atom stereocenters. The molecule has 0 aromatic carbocycles. The number of carbonyl (C=O) groups excluding carboxylic acids is 1. The summed E-state index contributed by atoms with van der Waals surface area (Å²) in [5, 5.41) is 3.04. The summed E-state index contributed by atoms with van der Waals surface area (Å²) in [6, 6.07) is 0.477. The zero-order chi connectivity index (χ0) is 12.8. The minimum atomic E-state index is 0.195. The van der Waals surface area contributed by atoms with E-state index < -0.39 is 0 Å². The molecule has 104 valence electrons. The number of nitrogens with one attached hydrogen (secondary N) is 1. The Morgan fingerprint density at radius 1 is 1.22 bits per heavy atom. The summed E-state index contributed by atoms with van der Waals surface area (Å²) in [5.74, 6) is 0.195. The third-order valence-electron chi connectivity index (χ3n) is 3.53. The van der Waals surface area contributed by atoms with Crippen LogP contribution in [0, 0.1) is 0 Å². The molecule has 2 fully saturated rings. The van der Waals surface area contributed by atoms with Crippen molar-refractivity contribution in [2.24, 2.45) is 0 Å². The van der Waals surface area contributed by atoms with E-state index in [0.717, 1.165) is 58.8 Å². The van der Waals surface area contributed by atoms with Crippen molar-refractivity contribution >= 4 is 5.91 Å². The molecule has 0 unspecified atom stereocenters. The average Bonchev–Trinajstić information content (AvgIpc) is 3.15. The molecule has 1 heterocycles. The van der Waals surface area contributed by atoms with E-state index in [1.165, 1.54) is 0 Å². The maximum Gasteiger partial charge on any atom is 0.234 e. The van der Waals surface area contributed by atoms with Gasteiger partial charge in [-0.2, -0.15) is 0 Å². The number of piperazine rings is 1. The van der Waals surface area contributed by atoms with Gasteiger partial charge in [0.25, 0.3) is 0 Å². The van der Waals surface area contributed by atoms with Crippen molar-refractivity contribution in [1.82, 2.24) is 15.1 Å². The molecule has 0 bridgehead atoms. The highest BCUT2D eigenvalue weighted by molar-refractivity contribution is 5.78. The van der Waals surface area contributed by atoms with E-state index in [1.807, 2.05) is 6.92 Å². The van der Waals surface area contributed by atoms with Crippen molar-refractivity contribution in [3.8, 4) is 0 Å². The third kappa shape index (κ3) is 4.92. The molecule has 1 N–H and O–H groups in total. The van der Waals surface area contributed by atoms with Gasteiger partial charge in [0.2, 0.25) is 5.91 Å². The molecule has 18 heavy (non-hydrogen) atoms. The van der Waals surface area contributed by atoms with Crippen molar-refractivity contribution in [3.05, 3.63) is 0 Å². The fraction of sp³-hybridized carbons (Fsp3) is 0.923. The van der Waals surface area contributed by atoms with Crippen LogP contribution in [0.2, 0.25) is 0 Å². The molecule has 1 aliphatic carbocycles. The van der Waals surface area contributed by atoms with E-state index in [1.54, 1.807) is 0 Å². The maximum atomic E-state index is 11.7. The van der Waals surface area contributed by atoms with Crippen LogP contribution >= 0.6 is 0 Å². The lowest BCUT2D eigenvalue weighted by molar-refractivity contribution is -0.122. The van der Waals surface area contributed by atoms with E-state index in [4.69, 9.17) is 4.74 Å². The molecule has 5 nitrogen and oxygen atoms in total. The Kier molecular flexibility index (Phi) is 5.41. The van der Waals surface area contributed by atoms with Crippen molar-refractivity contribution in [3.63, 3.8) is 0 Å². The number of hydrogen-bond acceptors (Lipinski definition) is 4. The first-order chi connectivity index (χ1) is 8.78. The van der Waals surface area contributed by atoms with Gasteiger partial charge in [-0.25, -0.2) is 0 Å². The lowest BCUT2D eigenvalue weighted by Gasteiger charge is -2.34. The highest BCUT2D eigenvalue weighted by atomic mass is 16.5. The molecule has 1 amide bonds. The van der Waals surface area contributed by atoms with E-state index in [-0.39, 0.29) is 5.91 Å². The fourth-order valence-electron chi connectivity index (χ4n) is 2.21.